The molecular formula is C30H31N3O7S. The second-order valence-electron chi connectivity index (χ2n) is 9.04. The van der Waals surface area contributed by atoms with Crippen LogP contribution in [0.15, 0.2) is 61.0 Å². The summed E-state index contributed by atoms with van der Waals surface area (Å²) in [5.41, 5.74) is 1.00. The first-order valence-electron chi connectivity index (χ1n) is 13.2. The molecule has 2 aromatic heterocycles. The van der Waals surface area contributed by atoms with Crippen LogP contribution in [0.4, 0.5) is 5.13 Å². The highest BCUT2D eigenvalue weighted by Crippen LogP contribution is 2.45. The van der Waals surface area contributed by atoms with E-state index in [1.54, 1.807) is 25.1 Å². The Balaban J connectivity index is 1.88. The van der Waals surface area contributed by atoms with E-state index in [1.165, 1.54) is 35.5 Å². The van der Waals surface area contributed by atoms with Crippen LogP contribution in [0.5, 0.6) is 11.5 Å². The molecule has 0 radical (unpaired) electrons. The maximum Gasteiger partial charge on any atom is 0.350 e. The highest BCUT2D eigenvalue weighted by atomic mass is 32.1. The first kappa shape index (κ1) is 29.5. The van der Waals surface area contributed by atoms with Gasteiger partial charge in [0.2, 0.25) is 0 Å². The van der Waals surface area contributed by atoms with Crippen molar-refractivity contribution in [1.82, 2.24) is 9.97 Å². The number of carbonyl (C=O) groups excluding carboxylic acids is 3. The predicted octanol–water partition coefficient (Wildman–Crippen LogP) is 5.39. The maximum atomic E-state index is 13.6. The van der Waals surface area contributed by atoms with E-state index in [4.69, 9.17) is 14.2 Å². The lowest BCUT2D eigenvalue weighted by Gasteiger charge is -2.24. The zero-order chi connectivity index (χ0) is 29.5. The van der Waals surface area contributed by atoms with Gasteiger partial charge in [-0.05, 0) is 50.1 Å². The van der Waals surface area contributed by atoms with Crippen LogP contribution in [0.2, 0.25) is 0 Å². The molecule has 3 heterocycles. The van der Waals surface area contributed by atoms with Gasteiger partial charge in [-0.3, -0.25) is 19.5 Å². The number of aryl methyl sites for hydroxylation is 1. The Labute approximate surface area is 241 Å². The smallest absolute Gasteiger partial charge is 0.350 e. The average Bonchev–Trinajstić information content (AvgIpc) is 3.49. The fourth-order valence-corrected chi connectivity index (χ4v) is 5.28. The van der Waals surface area contributed by atoms with Crippen molar-refractivity contribution < 1.29 is 33.7 Å². The van der Waals surface area contributed by atoms with Crippen LogP contribution < -0.4 is 14.4 Å². The molecule has 1 unspecified atom stereocenters. The Hall–Kier alpha value is -4.51. The largest absolute Gasteiger partial charge is 0.507 e. The van der Waals surface area contributed by atoms with Gasteiger partial charge in [0.05, 0.1) is 30.5 Å². The van der Waals surface area contributed by atoms with Gasteiger partial charge in [-0.2, -0.15) is 0 Å². The fraction of sp³-hybridized carbons (Fsp3) is 0.300. The van der Waals surface area contributed by atoms with Crippen LogP contribution in [0.25, 0.3) is 5.76 Å². The molecule has 3 aromatic rings. The van der Waals surface area contributed by atoms with E-state index in [-0.39, 0.29) is 27.9 Å². The Morgan fingerprint density at radius 2 is 1.90 bits per heavy atom. The van der Waals surface area contributed by atoms with E-state index in [0.29, 0.717) is 41.5 Å². The number of aliphatic hydroxyl groups is 1. The summed E-state index contributed by atoms with van der Waals surface area (Å²) in [5, 5.41) is 11.4. The molecule has 214 valence electrons. The molecule has 0 spiro atoms. The lowest BCUT2D eigenvalue weighted by atomic mass is 9.95. The molecule has 1 saturated heterocycles. The number of benzene rings is 1. The Morgan fingerprint density at radius 3 is 2.59 bits per heavy atom. The number of amides is 1. The molecule has 0 bridgehead atoms. The molecule has 1 aliphatic heterocycles. The molecular weight excluding hydrogens is 546 g/mol. The quantitative estimate of drug-likeness (QED) is 0.0752. The number of anilines is 1. The predicted molar refractivity (Wildman–Crippen MR) is 154 cm³/mol. The van der Waals surface area contributed by atoms with Crippen molar-refractivity contribution >= 4 is 39.9 Å². The van der Waals surface area contributed by atoms with Crippen molar-refractivity contribution in [3.8, 4) is 11.5 Å². The molecule has 1 atom stereocenters. The van der Waals surface area contributed by atoms with Gasteiger partial charge in [0, 0.05) is 18.0 Å². The van der Waals surface area contributed by atoms with E-state index in [2.05, 4.69) is 23.5 Å². The van der Waals surface area contributed by atoms with Gasteiger partial charge in [-0.1, -0.05) is 43.4 Å². The maximum absolute atomic E-state index is 13.6. The number of ether oxygens (including phenoxy) is 3. The summed E-state index contributed by atoms with van der Waals surface area (Å²) in [5.74, 6) is -1.82. The van der Waals surface area contributed by atoms with Crippen molar-refractivity contribution in [1.29, 1.82) is 0 Å². The molecule has 1 N–H and O–H groups in total. The van der Waals surface area contributed by atoms with Gasteiger partial charge in [0.25, 0.3) is 5.78 Å². The number of esters is 1. The Kier molecular flexibility index (Phi) is 9.51. The molecule has 4 rings (SSSR count). The number of unbranched alkanes of at least 4 members (excludes halogenated alkanes) is 1. The first-order valence-corrected chi connectivity index (χ1v) is 14.0. The lowest BCUT2D eigenvalue weighted by Crippen LogP contribution is -2.29. The standard InChI is InChI=1S/C30H31N3O7S/c1-5-8-16-39-21-10-9-20(17-22(21)38-7-3)24-23(25(34)19-11-13-31-14-12-19)26(35)28(36)33(24)30-32-18(4)27(41-30)29(37)40-15-6-2/h6,9-14,17,24,34H,2,5,7-8,15-16H2,1,3-4H3. The minimum Gasteiger partial charge on any atom is -0.507 e. The van der Waals surface area contributed by atoms with Gasteiger partial charge in [-0.25, -0.2) is 9.78 Å². The van der Waals surface area contributed by atoms with Crippen molar-refractivity contribution in [2.45, 2.75) is 39.7 Å². The molecule has 41 heavy (non-hydrogen) atoms. The minimum atomic E-state index is -1.07. The molecule has 1 aromatic carbocycles. The number of nitrogens with zero attached hydrogens (tertiary/aromatic N) is 3. The van der Waals surface area contributed by atoms with E-state index in [9.17, 15) is 19.5 Å². The Morgan fingerprint density at radius 1 is 1.15 bits per heavy atom. The van der Waals surface area contributed by atoms with Crippen LogP contribution in [0.3, 0.4) is 0 Å². The highest BCUT2D eigenvalue weighted by Gasteiger charge is 2.48. The average molecular weight is 578 g/mol. The van der Waals surface area contributed by atoms with E-state index in [0.717, 1.165) is 24.2 Å². The number of aromatic nitrogens is 2. The van der Waals surface area contributed by atoms with Crippen LogP contribution >= 0.6 is 11.3 Å². The second-order valence-corrected chi connectivity index (χ2v) is 10.0. The zero-order valence-electron chi connectivity index (χ0n) is 23.1. The number of Topliss-reactive ketones (excluding diaryl/α,β-unsaturated/α-hetero) is 1. The summed E-state index contributed by atoms with van der Waals surface area (Å²) < 4.78 is 16.9. The summed E-state index contributed by atoms with van der Waals surface area (Å²) in [6, 6.07) is 7.12. The van der Waals surface area contributed by atoms with Gasteiger partial charge in [0.15, 0.2) is 16.6 Å². The van der Waals surface area contributed by atoms with Crippen LogP contribution in [-0.4, -0.2) is 52.6 Å². The van der Waals surface area contributed by atoms with E-state index >= 15 is 0 Å². The number of pyridine rings is 1. The molecule has 10 nitrogen and oxygen atoms in total. The fourth-order valence-electron chi connectivity index (χ4n) is 4.29. The van der Waals surface area contributed by atoms with Gasteiger partial charge in [-0.15, -0.1) is 0 Å². The van der Waals surface area contributed by atoms with E-state index in [1.807, 2.05) is 6.92 Å². The molecule has 11 heteroatoms. The summed E-state index contributed by atoms with van der Waals surface area (Å²) in [6.07, 6.45) is 6.21. The SMILES string of the molecule is C=CCOC(=O)c1sc(N2C(=O)C(=O)C(=C(O)c3ccncc3)C2c2ccc(OCCCC)c(OCC)c2)nc1C. The topological polar surface area (TPSA) is 128 Å². The van der Waals surface area contributed by atoms with Gasteiger partial charge >= 0.3 is 11.9 Å². The normalized spacial score (nSPS) is 16.1. The molecule has 0 saturated carbocycles. The third-order valence-electron chi connectivity index (χ3n) is 6.25. The lowest BCUT2D eigenvalue weighted by molar-refractivity contribution is -0.132. The molecule has 1 amide bonds. The molecule has 1 fully saturated rings. The number of hydrogen-bond acceptors (Lipinski definition) is 10. The third-order valence-corrected chi connectivity index (χ3v) is 7.38. The van der Waals surface area contributed by atoms with Crippen LogP contribution in [-0.2, 0) is 14.3 Å². The molecule has 0 aliphatic carbocycles. The first-order chi connectivity index (χ1) is 19.8. The zero-order valence-corrected chi connectivity index (χ0v) is 23.9. The van der Waals surface area contributed by atoms with E-state index < -0.39 is 23.7 Å². The highest BCUT2D eigenvalue weighted by molar-refractivity contribution is 7.17. The number of rotatable bonds is 12. The number of ketones is 1. The summed E-state index contributed by atoms with van der Waals surface area (Å²) in [6.45, 7) is 9.92. The van der Waals surface area contributed by atoms with Crippen LogP contribution in [0.1, 0.15) is 59.2 Å². The minimum absolute atomic E-state index is 0.00876. The van der Waals surface area contributed by atoms with Crippen LogP contribution in [0, 0.1) is 6.92 Å². The van der Waals surface area contributed by atoms with Gasteiger partial charge < -0.3 is 19.3 Å². The third kappa shape index (κ3) is 6.14. The number of carbonyl (C=O) groups is 3. The molecule has 1 aliphatic rings. The van der Waals surface area contributed by atoms with Crippen molar-refractivity contribution in [3.63, 3.8) is 0 Å². The summed E-state index contributed by atoms with van der Waals surface area (Å²) in [7, 11) is 0. The monoisotopic (exact) mass is 577 g/mol. The van der Waals surface area contributed by atoms with Crippen molar-refractivity contribution in [3.05, 3.63) is 82.7 Å². The summed E-state index contributed by atoms with van der Waals surface area (Å²) >= 11 is 0.923. The summed E-state index contributed by atoms with van der Waals surface area (Å²) in [4.78, 5) is 49.5. The number of thiazole rings is 1. The number of aliphatic hydroxyl groups excluding tert-OH is 1. The van der Waals surface area contributed by atoms with Gasteiger partial charge in [0.1, 0.15) is 17.2 Å². The van der Waals surface area contributed by atoms with Crippen molar-refractivity contribution in [2.24, 2.45) is 0 Å². The second kappa shape index (κ2) is 13.2. The van der Waals surface area contributed by atoms with Crippen molar-refractivity contribution in [2.75, 3.05) is 24.7 Å². The Bertz CT molecular complexity index is 1480. The number of hydrogen-bond donors (Lipinski definition) is 1.